The van der Waals surface area contributed by atoms with Crippen LogP contribution < -0.4 is 9.47 Å². The molecule has 2 heterocycles. The molecule has 178 valence electrons. The monoisotopic (exact) mass is 465 g/mol. The maximum absolute atomic E-state index is 13.0. The van der Waals surface area contributed by atoms with Crippen molar-refractivity contribution in [3.05, 3.63) is 89.7 Å². The van der Waals surface area contributed by atoms with Gasteiger partial charge in [-0.05, 0) is 54.5 Å². The zero-order valence-corrected chi connectivity index (χ0v) is 19.2. The number of fused-ring (bicyclic) bond motifs is 1. The Morgan fingerprint density at radius 1 is 1.03 bits per heavy atom. The maximum Gasteiger partial charge on any atom is 0.130 e. The summed E-state index contributed by atoms with van der Waals surface area (Å²) in [5.74, 6) is 1.80. The fourth-order valence-corrected chi connectivity index (χ4v) is 4.08. The topological polar surface area (TPSA) is 41.9 Å². The molecule has 0 aliphatic carbocycles. The van der Waals surface area contributed by atoms with E-state index in [4.69, 9.17) is 9.47 Å². The molecule has 0 spiro atoms. The van der Waals surface area contributed by atoms with Crippen LogP contribution in [-0.4, -0.2) is 49.5 Å². The number of nitrogens with zero attached hydrogens (tertiary/aromatic N) is 1. The van der Waals surface area contributed by atoms with E-state index in [0.29, 0.717) is 19.0 Å². The second kappa shape index (κ2) is 11.2. The molecule has 2 aliphatic rings. The Bertz CT molecular complexity index is 1110. The molecule has 1 N–H and O–H groups in total. The summed E-state index contributed by atoms with van der Waals surface area (Å²) in [4.78, 5) is 2.22. The van der Waals surface area contributed by atoms with Crippen molar-refractivity contribution in [2.45, 2.75) is 6.92 Å². The first-order valence-electron chi connectivity index (χ1n) is 11.4. The van der Waals surface area contributed by atoms with Crippen molar-refractivity contribution >= 4 is 11.1 Å². The first-order chi connectivity index (χ1) is 16.5. The van der Waals surface area contributed by atoms with Gasteiger partial charge in [0.15, 0.2) is 0 Å². The highest BCUT2D eigenvalue weighted by Crippen LogP contribution is 2.38. The van der Waals surface area contributed by atoms with Crippen LogP contribution in [0.15, 0.2) is 72.8 Å². The van der Waals surface area contributed by atoms with Gasteiger partial charge in [0.1, 0.15) is 36.3 Å². The number of hydrogen-bond acceptors (Lipinski definition) is 4. The molecule has 34 heavy (non-hydrogen) atoms. The van der Waals surface area contributed by atoms with E-state index in [1.165, 1.54) is 12.1 Å². The van der Waals surface area contributed by atoms with Crippen LogP contribution in [0.4, 0.5) is 8.78 Å². The third-order valence-electron chi connectivity index (χ3n) is 6.06. The number of benzene rings is 3. The van der Waals surface area contributed by atoms with E-state index in [9.17, 15) is 13.9 Å². The van der Waals surface area contributed by atoms with E-state index < -0.39 is 0 Å². The molecule has 2 aliphatic heterocycles. The number of phenols is 1. The molecule has 0 radical (unpaired) electrons. The standard InChI is InChI=1S/C16H13FO2.C12H16FNO/c1-10-14-7-6-13(18)8-16(14)19-9-15(10)11-2-4-12(17)5-3-11;13-8-11-9-14(10-11)6-7-15-12-4-2-1-3-5-12/h2-8,18H,9H2,1H3;1-5,11H,6-10H2. The number of para-hydroxylation sites is 1. The Morgan fingerprint density at radius 3 is 2.47 bits per heavy atom. The van der Waals surface area contributed by atoms with E-state index in [1.54, 1.807) is 24.3 Å². The fraction of sp³-hybridized carbons (Fsp3) is 0.286. The molecular weight excluding hydrogens is 436 g/mol. The first-order valence-corrected chi connectivity index (χ1v) is 11.4. The quantitative estimate of drug-likeness (QED) is 0.498. The first kappa shape index (κ1) is 23.8. The largest absolute Gasteiger partial charge is 0.508 e. The van der Waals surface area contributed by atoms with Gasteiger partial charge in [-0.1, -0.05) is 30.3 Å². The summed E-state index contributed by atoms with van der Waals surface area (Å²) in [6, 6.07) is 21.3. The summed E-state index contributed by atoms with van der Waals surface area (Å²) in [7, 11) is 0. The van der Waals surface area contributed by atoms with Crippen molar-refractivity contribution in [3.8, 4) is 17.2 Å². The second-order valence-electron chi connectivity index (χ2n) is 8.52. The summed E-state index contributed by atoms with van der Waals surface area (Å²) in [6.07, 6.45) is 0. The van der Waals surface area contributed by atoms with E-state index in [1.807, 2.05) is 43.3 Å². The van der Waals surface area contributed by atoms with Gasteiger partial charge in [-0.3, -0.25) is 9.29 Å². The second-order valence-corrected chi connectivity index (χ2v) is 8.52. The molecule has 1 fully saturated rings. The minimum absolute atomic E-state index is 0.184. The molecule has 0 saturated carbocycles. The summed E-state index contributed by atoms with van der Waals surface area (Å²) in [5, 5.41) is 9.45. The lowest BCUT2D eigenvalue weighted by Crippen LogP contribution is -2.49. The maximum atomic E-state index is 13.0. The number of ether oxygens (including phenoxy) is 2. The van der Waals surface area contributed by atoms with Crippen LogP contribution >= 0.6 is 0 Å². The third kappa shape index (κ3) is 5.94. The number of rotatable bonds is 6. The average Bonchev–Trinajstić information content (AvgIpc) is 2.82. The lowest BCUT2D eigenvalue weighted by atomic mass is 9.94. The predicted octanol–water partition coefficient (Wildman–Crippen LogP) is 5.82. The van der Waals surface area contributed by atoms with Gasteiger partial charge in [-0.25, -0.2) is 4.39 Å². The highest BCUT2D eigenvalue weighted by molar-refractivity contribution is 5.93. The summed E-state index contributed by atoms with van der Waals surface area (Å²) in [5.41, 5.74) is 4.05. The fourth-order valence-electron chi connectivity index (χ4n) is 4.08. The van der Waals surface area contributed by atoms with Gasteiger partial charge in [0.25, 0.3) is 0 Å². The van der Waals surface area contributed by atoms with Crippen molar-refractivity contribution in [1.29, 1.82) is 0 Å². The van der Waals surface area contributed by atoms with E-state index in [0.717, 1.165) is 47.7 Å². The van der Waals surface area contributed by atoms with Crippen LogP contribution in [0, 0.1) is 11.7 Å². The number of alkyl halides is 1. The number of aromatic hydroxyl groups is 1. The molecule has 3 aromatic rings. The number of allylic oxidation sites excluding steroid dienone is 1. The van der Waals surface area contributed by atoms with Gasteiger partial charge in [0.2, 0.25) is 0 Å². The van der Waals surface area contributed by atoms with Gasteiger partial charge in [0, 0.05) is 42.8 Å². The van der Waals surface area contributed by atoms with E-state index >= 15 is 0 Å². The molecular formula is C28H29F2NO3. The van der Waals surface area contributed by atoms with Crippen molar-refractivity contribution in [2.75, 3.05) is 39.5 Å². The van der Waals surface area contributed by atoms with Crippen LogP contribution in [0.1, 0.15) is 18.1 Å². The highest BCUT2D eigenvalue weighted by Gasteiger charge is 2.25. The van der Waals surface area contributed by atoms with Crippen LogP contribution in [0.2, 0.25) is 0 Å². The summed E-state index contributed by atoms with van der Waals surface area (Å²) in [6.45, 7) is 5.60. The number of likely N-dealkylation sites (tertiary alicyclic amines) is 1. The van der Waals surface area contributed by atoms with Gasteiger partial charge in [0.05, 0.1) is 6.67 Å². The van der Waals surface area contributed by atoms with E-state index in [-0.39, 0.29) is 24.2 Å². The Morgan fingerprint density at radius 2 is 1.76 bits per heavy atom. The van der Waals surface area contributed by atoms with Crippen molar-refractivity contribution in [1.82, 2.24) is 4.90 Å². The molecule has 0 unspecified atom stereocenters. The zero-order chi connectivity index (χ0) is 23.9. The van der Waals surface area contributed by atoms with Crippen LogP contribution in [-0.2, 0) is 0 Å². The normalized spacial score (nSPS) is 15.5. The van der Waals surface area contributed by atoms with Crippen LogP contribution in [0.25, 0.3) is 11.1 Å². The molecule has 0 aromatic heterocycles. The molecule has 1 saturated heterocycles. The smallest absolute Gasteiger partial charge is 0.130 e. The zero-order valence-electron chi connectivity index (χ0n) is 19.2. The minimum Gasteiger partial charge on any atom is -0.508 e. The average molecular weight is 466 g/mol. The molecule has 5 rings (SSSR count). The number of hydrogen-bond donors (Lipinski definition) is 1. The molecule has 4 nitrogen and oxygen atoms in total. The molecule has 6 heteroatoms. The molecule has 3 aromatic carbocycles. The molecule has 0 atom stereocenters. The molecule has 0 bridgehead atoms. The van der Waals surface area contributed by atoms with Crippen molar-refractivity contribution in [2.24, 2.45) is 5.92 Å². The Hall–Kier alpha value is -3.38. The lowest BCUT2D eigenvalue weighted by molar-refractivity contribution is 0.0668. The SMILES string of the molecule is CC1=C(c2ccc(F)cc2)COc2cc(O)ccc21.FCC1CN(CCOc2ccccc2)C1. The van der Waals surface area contributed by atoms with E-state index in [2.05, 4.69) is 4.90 Å². The van der Waals surface area contributed by atoms with Gasteiger partial charge < -0.3 is 14.6 Å². The van der Waals surface area contributed by atoms with Crippen LogP contribution in [0.3, 0.4) is 0 Å². The third-order valence-corrected chi connectivity index (χ3v) is 6.06. The lowest BCUT2D eigenvalue weighted by Gasteiger charge is -2.37. The minimum atomic E-state index is -0.246. The van der Waals surface area contributed by atoms with Crippen LogP contribution in [0.5, 0.6) is 17.2 Å². The highest BCUT2D eigenvalue weighted by atomic mass is 19.1. The number of halogens is 2. The van der Waals surface area contributed by atoms with Gasteiger partial charge >= 0.3 is 0 Å². The summed E-state index contributed by atoms with van der Waals surface area (Å²) < 4.78 is 36.3. The summed E-state index contributed by atoms with van der Waals surface area (Å²) >= 11 is 0. The predicted molar refractivity (Wildman–Crippen MR) is 130 cm³/mol. The Kier molecular flexibility index (Phi) is 7.80. The van der Waals surface area contributed by atoms with Gasteiger partial charge in [-0.15, -0.1) is 0 Å². The van der Waals surface area contributed by atoms with Crippen molar-refractivity contribution < 1.29 is 23.4 Å². The Labute approximate surface area is 199 Å². The molecule has 0 amide bonds. The number of phenolic OH excluding ortho intramolecular Hbond substituents is 1. The van der Waals surface area contributed by atoms with Crippen molar-refractivity contribution in [3.63, 3.8) is 0 Å². The van der Waals surface area contributed by atoms with Gasteiger partial charge in [-0.2, -0.15) is 0 Å². The Balaban J connectivity index is 0.000000166.